The fourth-order valence-corrected chi connectivity index (χ4v) is 8.42. The Kier molecular flexibility index (Phi) is 9.41. The summed E-state index contributed by atoms with van der Waals surface area (Å²) in [6.45, 7) is 5.47. The fraction of sp³-hybridized carbons (Fsp3) is 0.676. The highest BCUT2D eigenvalue weighted by molar-refractivity contribution is 6.04. The van der Waals surface area contributed by atoms with Crippen LogP contribution >= 0.6 is 0 Å². The maximum absolute atomic E-state index is 15.6. The Morgan fingerprint density at radius 3 is 1.81 bits per heavy atom. The summed E-state index contributed by atoms with van der Waals surface area (Å²) < 4.78 is 57.7. The molecular weight excluding hydrogens is 533 g/mol. The first-order valence-electron chi connectivity index (χ1n) is 17.0. The predicted molar refractivity (Wildman–Crippen MR) is 163 cm³/mol. The Hall–Kier alpha value is -2.17. The van der Waals surface area contributed by atoms with Crippen LogP contribution < -0.4 is 9.47 Å². The van der Waals surface area contributed by atoms with Gasteiger partial charge in [0.2, 0.25) is 5.82 Å². The van der Waals surface area contributed by atoms with Crippen molar-refractivity contribution >= 4 is 0 Å². The van der Waals surface area contributed by atoms with Crippen molar-refractivity contribution in [3.63, 3.8) is 0 Å². The molecule has 42 heavy (non-hydrogen) atoms. The second-order valence-electron chi connectivity index (χ2n) is 14.2. The highest BCUT2D eigenvalue weighted by atomic mass is 19.2. The maximum atomic E-state index is 15.6. The molecule has 0 aliphatic heterocycles. The van der Waals surface area contributed by atoms with Crippen LogP contribution in [-0.2, 0) is 0 Å². The summed E-state index contributed by atoms with van der Waals surface area (Å²) >= 11 is 0. The van der Waals surface area contributed by atoms with Gasteiger partial charge in [-0.15, -0.1) is 0 Å². The van der Waals surface area contributed by atoms with Gasteiger partial charge >= 0.3 is 0 Å². The predicted octanol–water partition coefficient (Wildman–Crippen LogP) is 11.1. The zero-order valence-electron chi connectivity index (χ0n) is 25.7. The molecule has 0 saturated heterocycles. The number of benzene rings is 2. The van der Waals surface area contributed by atoms with Gasteiger partial charge in [0.15, 0.2) is 23.1 Å². The Bertz CT molecular complexity index is 1220. The molecule has 0 unspecified atom stereocenters. The molecule has 6 rings (SSSR count). The lowest BCUT2D eigenvalue weighted by Crippen LogP contribution is -2.27. The summed E-state index contributed by atoms with van der Waals surface area (Å²) in [4.78, 5) is 0. The monoisotopic (exact) mass is 582 g/mol. The number of ether oxygens (including phenoxy) is 2. The van der Waals surface area contributed by atoms with Gasteiger partial charge in [-0.1, -0.05) is 58.8 Å². The van der Waals surface area contributed by atoms with E-state index in [-0.39, 0.29) is 22.6 Å². The van der Waals surface area contributed by atoms with Crippen molar-refractivity contribution in [2.24, 2.45) is 35.5 Å². The third-order valence-corrected chi connectivity index (χ3v) is 11.3. The molecule has 0 aromatic heterocycles. The average Bonchev–Trinajstić information content (AvgIpc) is 3.00. The molecule has 230 valence electrons. The van der Waals surface area contributed by atoms with Crippen molar-refractivity contribution in [1.29, 1.82) is 0 Å². The molecule has 4 aliphatic carbocycles. The summed E-state index contributed by atoms with van der Waals surface area (Å²) in [6, 6.07) is 4.97. The highest BCUT2D eigenvalue weighted by Crippen LogP contribution is 2.54. The van der Waals surface area contributed by atoms with Gasteiger partial charge < -0.3 is 9.47 Å². The average molecular weight is 583 g/mol. The molecule has 2 aromatic carbocycles. The summed E-state index contributed by atoms with van der Waals surface area (Å²) in [5.41, 5.74) is 1.25. The van der Waals surface area contributed by atoms with Crippen molar-refractivity contribution in [3.8, 4) is 33.8 Å². The van der Waals surface area contributed by atoms with Gasteiger partial charge in [0, 0.05) is 11.1 Å². The van der Waals surface area contributed by atoms with E-state index in [1.165, 1.54) is 70.6 Å². The minimum Gasteiger partial charge on any atom is -0.490 e. The molecule has 0 radical (unpaired) electrons. The van der Waals surface area contributed by atoms with Crippen molar-refractivity contribution in [2.45, 2.75) is 110 Å². The molecule has 0 heterocycles. The number of hydrogen-bond acceptors (Lipinski definition) is 2. The van der Waals surface area contributed by atoms with Crippen molar-refractivity contribution in [1.82, 2.24) is 0 Å². The summed E-state index contributed by atoms with van der Waals surface area (Å²) in [5.74, 6) is 1.60. The molecule has 0 bridgehead atoms. The van der Waals surface area contributed by atoms with Gasteiger partial charge in [-0.25, -0.2) is 8.78 Å². The van der Waals surface area contributed by atoms with E-state index in [2.05, 4.69) is 13.8 Å². The molecule has 0 spiro atoms. The van der Waals surface area contributed by atoms with Crippen LogP contribution in [0.1, 0.15) is 110 Å². The minimum atomic E-state index is -1.02. The molecule has 0 N–H and O–H groups in total. The third kappa shape index (κ3) is 6.22. The van der Waals surface area contributed by atoms with Crippen LogP contribution in [0.4, 0.5) is 13.2 Å². The van der Waals surface area contributed by atoms with Crippen LogP contribution in [0.15, 0.2) is 18.2 Å². The smallest absolute Gasteiger partial charge is 0.201 e. The fourth-order valence-electron chi connectivity index (χ4n) is 8.42. The van der Waals surface area contributed by atoms with Gasteiger partial charge in [0.1, 0.15) is 0 Å². The van der Waals surface area contributed by atoms with E-state index in [4.69, 9.17) is 9.47 Å². The number of hydrogen-bond donors (Lipinski definition) is 0. The topological polar surface area (TPSA) is 18.5 Å². The molecule has 3 fully saturated rings. The molecule has 5 heteroatoms. The van der Waals surface area contributed by atoms with E-state index in [1.54, 1.807) is 18.2 Å². The Morgan fingerprint density at radius 2 is 1.17 bits per heavy atom. The number of fused-ring (bicyclic) bond motifs is 4. The molecule has 3 saturated carbocycles. The number of rotatable bonds is 10. The molecule has 4 aliphatic rings. The van der Waals surface area contributed by atoms with E-state index in [9.17, 15) is 0 Å². The second-order valence-corrected chi connectivity index (χ2v) is 14.2. The highest BCUT2D eigenvalue weighted by Gasteiger charge is 2.36. The standard InChI is InChI=1S/C37H49F3O2/c1-3-4-5-24-8-10-25(11-9-24)22-42-32-20-30-29-18-19-31(35(38)33(29)34(30)37(40)36(32)39)41-21-26-12-16-28(17-13-26)27-14-6-23(2)7-15-27/h18-20,23-28H,3-17,21-22H2,1-2H3. The van der Waals surface area contributed by atoms with Crippen LogP contribution in [0.5, 0.6) is 11.5 Å². The van der Waals surface area contributed by atoms with Crippen LogP contribution in [0.3, 0.4) is 0 Å². The van der Waals surface area contributed by atoms with Crippen molar-refractivity contribution in [3.05, 3.63) is 35.7 Å². The lowest BCUT2D eigenvalue weighted by Gasteiger charge is -2.37. The quantitative estimate of drug-likeness (QED) is 0.237. The normalized spacial score (nSPS) is 28.9. The third-order valence-electron chi connectivity index (χ3n) is 11.3. The lowest BCUT2D eigenvalue weighted by molar-refractivity contribution is 0.124. The number of unbranched alkanes of at least 4 members (excludes halogenated alkanes) is 1. The lowest BCUT2D eigenvalue weighted by atomic mass is 9.69. The molecule has 0 amide bonds. The van der Waals surface area contributed by atoms with Crippen LogP contribution in [0.2, 0.25) is 0 Å². The molecule has 0 atom stereocenters. The maximum Gasteiger partial charge on any atom is 0.201 e. The summed E-state index contributed by atoms with van der Waals surface area (Å²) in [5, 5.41) is 0. The first-order chi connectivity index (χ1) is 20.4. The zero-order valence-corrected chi connectivity index (χ0v) is 25.7. The number of halogens is 3. The molecular formula is C37H49F3O2. The van der Waals surface area contributed by atoms with Gasteiger partial charge in [-0.2, -0.15) is 4.39 Å². The first-order valence-corrected chi connectivity index (χ1v) is 17.0. The largest absolute Gasteiger partial charge is 0.490 e. The first kappa shape index (κ1) is 29.9. The Morgan fingerprint density at radius 1 is 0.619 bits per heavy atom. The Balaban J connectivity index is 1.03. The van der Waals surface area contributed by atoms with Gasteiger partial charge in [-0.05, 0) is 116 Å². The van der Waals surface area contributed by atoms with Crippen LogP contribution in [0, 0.1) is 53.0 Å². The summed E-state index contributed by atoms with van der Waals surface area (Å²) in [6.07, 6.45) is 18.5. The van der Waals surface area contributed by atoms with Crippen molar-refractivity contribution in [2.75, 3.05) is 13.2 Å². The van der Waals surface area contributed by atoms with Gasteiger partial charge in [0.05, 0.1) is 13.2 Å². The van der Waals surface area contributed by atoms with Gasteiger partial charge in [0.25, 0.3) is 0 Å². The molecule has 2 nitrogen and oxygen atoms in total. The Labute approximate surface area is 250 Å². The molecule has 2 aromatic rings. The van der Waals surface area contributed by atoms with E-state index < -0.39 is 17.5 Å². The zero-order chi connectivity index (χ0) is 29.2. The minimum absolute atomic E-state index is 0.0107. The van der Waals surface area contributed by atoms with E-state index in [0.29, 0.717) is 36.2 Å². The second kappa shape index (κ2) is 13.2. The SMILES string of the molecule is CCCCC1CCC(COc2cc3c(c(F)c2F)-c2c-3ccc(OCC3CCC(C4CCC(C)CC4)CC3)c2F)CC1. The van der Waals surface area contributed by atoms with E-state index >= 15 is 13.2 Å². The van der Waals surface area contributed by atoms with Crippen LogP contribution in [0.25, 0.3) is 22.3 Å². The summed E-state index contributed by atoms with van der Waals surface area (Å²) in [7, 11) is 0. The van der Waals surface area contributed by atoms with Crippen molar-refractivity contribution < 1.29 is 22.6 Å². The van der Waals surface area contributed by atoms with E-state index in [0.717, 1.165) is 49.4 Å². The van der Waals surface area contributed by atoms with E-state index in [1.807, 2.05) is 0 Å². The van der Waals surface area contributed by atoms with Crippen LogP contribution in [-0.4, -0.2) is 13.2 Å². The van der Waals surface area contributed by atoms with Gasteiger partial charge in [-0.3, -0.25) is 0 Å².